The fraction of sp³-hybridized carbons (Fsp3) is 0.615. The molecule has 0 aromatic rings. The van der Waals surface area contributed by atoms with Crippen LogP contribution in [-0.2, 0) is 0 Å². The maximum atomic E-state index is 4.45. The molecule has 14 heavy (non-hydrogen) atoms. The summed E-state index contributed by atoms with van der Waals surface area (Å²) < 4.78 is 0. The fourth-order valence-corrected chi connectivity index (χ4v) is 1.63. The van der Waals surface area contributed by atoms with E-state index >= 15 is 0 Å². The molecule has 0 N–H and O–H groups in total. The van der Waals surface area contributed by atoms with Crippen molar-refractivity contribution < 1.29 is 0 Å². The Labute approximate surface area is 87.6 Å². The summed E-state index contributed by atoms with van der Waals surface area (Å²) in [7, 11) is 0. The molecule has 0 atom stereocenters. The van der Waals surface area contributed by atoms with Gasteiger partial charge in [-0.3, -0.25) is 4.99 Å². The molecule has 0 aromatic carbocycles. The molecule has 1 rings (SSSR count). The third kappa shape index (κ3) is 3.49. The largest absolute Gasteiger partial charge is 0.292 e. The Hall–Kier alpha value is -0.850. The van der Waals surface area contributed by atoms with Crippen molar-refractivity contribution in [3.05, 3.63) is 23.8 Å². The first kappa shape index (κ1) is 11.2. The summed E-state index contributed by atoms with van der Waals surface area (Å²) in [4.78, 5) is 4.45. The number of nitrogens with zero attached hydrogens (tertiary/aromatic N) is 1. The molecule has 1 aliphatic rings. The van der Waals surface area contributed by atoms with E-state index in [0.717, 1.165) is 6.54 Å². The average molecular weight is 191 g/mol. The highest BCUT2D eigenvalue weighted by atomic mass is 14.7. The average Bonchev–Trinajstić information content (AvgIpc) is 2.02. The van der Waals surface area contributed by atoms with Crippen LogP contribution in [0.1, 0.15) is 34.6 Å². The first-order valence-corrected chi connectivity index (χ1v) is 5.20. The zero-order valence-electron chi connectivity index (χ0n) is 9.96. The van der Waals surface area contributed by atoms with Crippen LogP contribution < -0.4 is 0 Å². The van der Waals surface area contributed by atoms with E-state index in [2.05, 4.69) is 57.8 Å². The highest BCUT2D eigenvalue weighted by Gasteiger charge is 2.16. The van der Waals surface area contributed by atoms with E-state index < -0.39 is 0 Å². The second-order valence-electron chi connectivity index (χ2n) is 5.44. The van der Waals surface area contributed by atoms with Gasteiger partial charge in [-0.05, 0) is 6.92 Å². The standard InChI is InChI=1S/C13H21N/c1-11-8-12(2,3)6-7-13(4,5)10-14-9-11/h6-8,10H,9H2,1-5H3/b7-6-,11-8?,14-10?. The molecule has 0 saturated heterocycles. The highest BCUT2D eigenvalue weighted by molar-refractivity contribution is 5.67. The number of rotatable bonds is 0. The summed E-state index contributed by atoms with van der Waals surface area (Å²) in [5.41, 5.74) is 1.57. The predicted octanol–water partition coefficient (Wildman–Crippen LogP) is 3.63. The van der Waals surface area contributed by atoms with Crippen LogP contribution in [0.5, 0.6) is 0 Å². The van der Waals surface area contributed by atoms with Crippen molar-refractivity contribution in [1.29, 1.82) is 0 Å². The SMILES string of the molecule is CC1=CC(C)(C)/C=C\C(C)(C)C=NC1. The molecule has 0 aromatic heterocycles. The molecule has 1 heterocycles. The lowest BCUT2D eigenvalue weighted by Gasteiger charge is -2.18. The van der Waals surface area contributed by atoms with Gasteiger partial charge in [-0.15, -0.1) is 0 Å². The molecule has 1 aliphatic heterocycles. The quantitative estimate of drug-likeness (QED) is 0.518. The van der Waals surface area contributed by atoms with Gasteiger partial charge in [0.1, 0.15) is 0 Å². The highest BCUT2D eigenvalue weighted by Crippen LogP contribution is 2.26. The molecule has 0 fully saturated rings. The molecular formula is C13H21N. The summed E-state index contributed by atoms with van der Waals surface area (Å²) >= 11 is 0. The Morgan fingerprint density at radius 3 is 2.29 bits per heavy atom. The van der Waals surface area contributed by atoms with Crippen molar-refractivity contribution in [1.82, 2.24) is 0 Å². The third-order valence-corrected chi connectivity index (χ3v) is 2.33. The van der Waals surface area contributed by atoms with Gasteiger partial charge < -0.3 is 0 Å². The van der Waals surface area contributed by atoms with Crippen molar-refractivity contribution in [2.24, 2.45) is 15.8 Å². The molecular weight excluding hydrogens is 170 g/mol. The Morgan fingerprint density at radius 2 is 1.64 bits per heavy atom. The topological polar surface area (TPSA) is 12.4 Å². The van der Waals surface area contributed by atoms with E-state index in [1.165, 1.54) is 5.57 Å². The van der Waals surface area contributed by atoms with Gasteiger partial charge in [0.25, 0.3) is 0 Å². The van der Waals surface area contributed by atoms with Gasteiger partial charge >= 0.3 is 0 Å². The number of hydrogen-bond acceptors (Lipinski definition) is 1. The summed E-state index contributed by atoms with van der Waals surface area (Å²) in [5.74, 6) is 0. The van der Waals surface area contributed by atoms with Crippen LogP contribution in [0.2, 0.25) is 0 Å². The molecule has 0 saturated carbocycles. The van der Waals surface area contributed by atoms with E-state index in [0.29, 0.717) is 0 Å². The Bertz CT molecular complexity index is 290. The molecule has 0 amide bonds. The van der Waals surface area contributed by atoms with E-state index in [-0.39, 0.29) is 10.8 Å². The predicted molar refractivity (Wildman–Crippen MR) is 63.8 cm³/mol. The van der Waals surface area contributed by atoms with Crippen LogP contribution in [0.25, 0.3) is 0 Å². The first-order valence-electron chi connectivity index (χ1n) is 5.20. The van der Waals surface area contributed by atoms with Crippen molar-refractivity contribution in [2.45, 2.75) is 34.6 Å². The zero-order chi connectivity index (χ0) is 10.8. The molecule has 0 radical (unpaired) electrons. The second-order valence-corrected chi connectivity index (χ2v) is 5.44. The Kier molecular flexibility index (Phi) is 2.98. The minimum absolute atomic E-state index is 0.0791. The maximum Gasteiger partial charge on any atom is 0.0593 e. The van der Waals surface area contributed by atoms with Crippen LogP contribution in [0.4, 0.5) is 0 Å². The van der Waals surface area contributed by atoms with Crippen molar-refractivity contribution >= 4 is 6.21 Å². The van der Waals surface area contributed by atoms with Gasteiger partial charge in [0.2, 0.25) is 0 Å². The van der Waals surface area contributed by atoms with Gasteiger partial charge in [-0.25, -0.2) is 0 Å². The van der Waals surface area contributed by atoms with E-state index in [1.54, 1.807) is 0 Å². The number of aliphatic imine (C=N–C) groups is 1. The minimum atomic E-state index is 0.0791. The minimum Gasteiger partial charge on any atom is -0.292 e. The van der Waals surface area contributed by atoms with E-state index in [9.17, 15) is 0 Å². The normalized spacial score (nSPS) is 27.1. The molecule has 0 spiro atoms. The van der Waals surface area contributed by atoms with Crippen molar-refractivity contribution in [3.63, 3.8) is 0 Å². The number of allylic oxidation sites excluding steroid dienone is 3. The monoisotopic (exact) mass is 191 g/mol. The summed E-state index contributed by atoms with van der Waals surface area (Å²) in [6.45, 7) is 11.8. The van der Waals surface area contributed by atoms with Crippen LogP contribution in [0.15, 0.2) is 28.8 Å². The molecule has 0 aliphatic carbocycles. The first-order chi connectivity index (χ1) is 6.31. The summed E-state index contributed by atoms with van der Waals surface area (Å²) in [5, 5.41) is 0. The summed E-state index contributed by atoms with van der Waals surface area (Å²) in [6.07, 6.45) is 8.85. The zero-order valence-corrected chi connectivity index (χ0v) is 9.96. The van der Waals surface area contributed by atoms with Gasteiger partial charge in [0, 0.05) is 17.0 Å². The van der Waals surface area contributed by atoms with Gasteiger partial charge in [0.15, 0.2) is 0 Å². The van der Waals surface area contributed by atoms with Gasteiger partial charge in [-0.1, -0.05) is 51.5 Å². The lowest BCUT2D eigenvalue weighted by molar-refractivity contribution is 0.601. The second kappa shape index (κ2) is 3.72. The number of hydrogen-bond donors (Lipinski definition) is 0. The van der Waals surface area contributed by atoms with Crippen LogP contribution >= 0.6 is 0 Å². The molecule has 1 heteroatoms. The fourth-order valence-electron chi connectivity index (χ4n) is 1.63. The van der Waals surface area contributed by atoms with Crippen molar-refractivity contribution in [3.8, 4) is 0 Å². The lowest BCUT2D eigenvalue weighted by atomic mass is 9.86. The Balaban J connectivity index is 3.02. The lowest BCUT2D eigenvalue weighted by Crippen LogP contribution is -2.11. The van der Waals surface area contributed by atoms with E-state index in [1.807, 2.05) is 6.21 Å². The Morgan fingerprint density at radius 1 is 1.07 bits per heavy atom. The molecule has 0 unspecified atom stereocenters. The van der Waals surface area contributed by atoms with Crippen molar-refractivity contribution in [2.75, 3.05) is 6.54 Å². The van der Waals surface area contributed by atoms with Gasteiger partial charge in [0.05, 0.1) is 6.54 Å². The van der Waals surface area contributed by atoms with Gasteiger partial charge in [-0.2, -0.15) is 0 Å². The third-order valence-electron chi connectivity index (χ3n) is 2.33. The molecule has 1 nitrogen and oxygen atoms in total. The van der Waals surface area contributed by atoms with Crippen LogP contribution in [0, 0.1) is 10.8 Å². The summed E-state index contributed by atoms with van der Waals surface area (Å²) in [6, 6.07) is 0. The van der Waals surface area contributed by atoms with Crippen LogP contribution in [0.3, 0.4) is 0 Å². The molecule has 78 valence electrons. The smallest absolute Gasteiger partial charge is 0.0593 e. The molecule has 0 bridgehead atoms. The van der Waals surface area contributed by atoms with E-state index in [4.69, 9.17) is 0 Å². The van der Waals surface area contributed by atoms with Crippen LogP contribution in [-0.4, -0.2) is 12.8 Å². The maximum absolute atomic E-state index is 4.45.